The molecule has 2 aliphatic rings. The summed E-state index contributed by atoms with van der Waals surface area (Å²) in [6.45, 7) is 3.58. The van der Waals surface area contributed by atoms with Crippen LogP contribution in [0.1, 0.15) is 19.8 Å². The number of fused-ring (bicyclic) bond motifs is 1. The maximum atomic E-state index is 11.6. The van der Waals surface area contributed by atoms with Crippen molar-refractivity contribution in [2.45, 2.75) is 31.8 Å². The van der Waals surface area contributed by atoms with Crippen LogP contribution in [0.5, 0.6) is 0 Å². The van der Waals surface area contributed by atoms with E-state index in [1.165, 1.54) is 0 Å². The van der Waals surface area contributed by atoms with Gasteiger partial charge < -0.3 is 10.1 Å². The van der Waals surface area contributed by atoms with Gasteiger partial charge in [-0.2, -0.15) is 0 Å². The van der Waals surface area contributed by atoms with Gasteiger partial charge in [0.15, 0.2) is 0 Å². The molecule has 5 nitrogen and oxygen atoms in total. The molecule has 15 heavy (non-hydrogen) atoms. The zero-order valence-electron chi connectivity index (χ0n) is 8.86. The molecule has 2 fully saturated rings. The van der Waals surface area contributed by atoms with E-state index in [1.54, 1.807) is 6.92 Å². The van der Waals surface area contributed by atoms with Crippen LogP contribution in [0.2, 0.25) is 0 Å². The van der Waals surface area contributed by atoms with Gasteiger partial charge in [-0.1, -0.05) is 0 Å². The monoisotopic (exact) mass is 212 g/mol. The van der Waals surface area contributed by atoms with Gasteiger partial charge in [0.25, 0.3) is 0 Å². The smallest absolute Gasteiger partial charge is 0.323 e. The van der Waals surface area contributed by atoms with Crippen molar-refractivity contribution in [2.75, 3.05) is 19.7 Å². The second-order valence-corrected chi connectivity index (χ2v) is 3.89. The molecule has 1 N–H and O–H groups in total. The molecule has 0 aromatic heterocycles. The number of carbonyl (C=O) groups excluding carboxylic acids is 2. The summed E-state index contributed by atoms with van der Waals surface area (Å²) in [5, 5.41) is 2.81. The van der Waals surface area contributed by atoms with Crippen LogP contribution in [0.25, 0.3) is 0 Å². The van der Waals surface area contributed by atoms with Crippen LogP contribution in [0.4, 0.5) is 0 Å². The van der Waals surface area contributed by atoms with Crippen LogP contribution in [0.15, 0.2) is 0 Å². The first-order valence-corrected chi connectivity index (χ1v) is 5.44. The highest BCUT2D eigenvalue weighted by molar-refractivity contribution is 5.85. The van der Waals surface area contributed by atoms with E-state index < -0.39 is 0 Å². The molecular formula is C10H16N2O3. The van der Waals surface area contributed by atoms with Crippen LogP contribution in [0, 0.1) is 0 Å². The molecule has 0 radical (unpaired) electrons. The minimum absolute atomic E-state index is 0.0491. The van der Waals surface area contributed by atoms with E-state index in [9.17, 15) is 9.59 Å². The average molecular weight is 212 g/mol. The number of amides is 1. The molecule has 2 atom stereocenters. The van der Waals surface area contributed by atoms with Crippen LogP contribution in [-0.2, 0) is 14.3 Å². The first-order chi connectivity index (χ1) is 7.24. The number of rotatable bonds is 2. The number of hydrogen-bond donors (Lipinski definition) is 1. The third-order valence-electron chi connectivity index (χ3n) is 3.04. The topological polar surface area (TPSA) is 58.6 Å². The summed E-state index contributed by atoms with van der Waals surface area (Å²) in [5.41, 5.74) is 0. The molecule has 5 heteroatoms. The number of hydrogen-bond acceptors (Lipinski definition) is 4. The Balaban J connectivity index is 2.04. The largest absolute Gasteiger partial charge is 0.465 e. The Morgan fingerprint density at radius 3 is 3.13 bits per heavy atom. The fraction of sp³-hybridized carbons (Fsp3) is 0.800. The molecule has 2 heterocycles. The van der Waals surface area contributed by atoms with Gasteiger partial charge in [0.1, 0.15) is 6.04 Å². The number of esters is 1. The second-order valence-electron chi connectivity index (χ2n) is 3.89. The standard InChI is InChI=1S/C10H16N2O3/c1-2-15-10(14)8-4-3-7-9(13)11-5-6-12(7)8/h7-8H,2-6H2,1H3,(H,11,13)/t7?,8-/m1/s1. The van der Waals surface area contributed by atoms with Crippen molar-refractivity contribution < 1.29 is 14.3 Å². The molecule has 0 aromatic rings. The SMILES string of the molecule is CCOC(=O)[C@H]1CCC2C(=O)NCCN21. The molecule has 0 bridgehead atoms. The van der Waals surface area contributed by atoms with Crippen molar-refractivity contribution in [3.8, 4) is 0 Å². The highest BCUT2D eigenvalue weighted by atomic mass is 16.5. The van der Waals surface area contributed by atoms with Gasteiger partial charge in [-0.15, -0.1) is 0 Å². The summed E-state index contributed by atoms with van der Waals surface area (Å²) < 4.78 is 5.00. The van der Waals surface area contributed by atoms with E-state index in [2.05, 4.69) is 5.32 Å². The summed E-state index contributed by atoms with van der Waals surface area (Å²) in [7, 11) is 0. The summed E-state index contributed by atoms with van der Waals surface area (Å²) in [6, 6.07) is -0.325. The minimum atomic E-state index is -0.207. The van der Waals surface area contributed by atoms with Crippen LogP contribution in [-0.4, -0.2) is 48.6 Å². The Hall–Kier alpha value is -1.10. The van der Waals surface area contributed by atoms with Crippen molar-refractivity contribution in [1.29, 1.82) is 0 Å². The number of carbonyl (C=O) groups is 2. The van der Waals surface area contributed by atoms with Crippen LogP contribution >= 0.6 is 0 Å². The number of nitrogens with one attached hydrogen (secondary N) is 1. The number of piperazine rings is 1. The number of nitrogens with zero attached hydrogens (tertiary/aromatic N) is 1. The first-order valence-electron chi connectivity index (χ1n) is 5.44. The Kier molecular flexibility index (Phi) is 2.90. The van der Waals surface area contributed by atoms with E-state index in [-0.39, 0.29) is 24.0 Å². The summed E-state index contributed by atoms with van der Waals surface area (Å²) in [6.07, 6.45) is 1.49. The zero-order valence-corrected chi connectivity index (χ0v) is 8.86. The molecule has 2 rings (SSSR count). The molecule has 0 saturated carbocycles. The Morgan fingerprint density at radius 1 is 1.60 bits per heavy atom. The van der Waals surface area contributed by atoms with E-state index in [4.69, 9.17) is 4.74 Å². The molecule has 1 amide bonds. The predicted octanol–water partition coefficient (Wildman–Crippen LogP) is -0.488. The molecule has 1 unspecified atom stereocenters. The Bertz CT molecular complexity index is 280. The lowest BCUT2D eigenvalue weighted by Crippen LogP contribution is -2.55. The third-order valence-corrected chi connectivity index (χ3v) is 3.04. The summed E-state index contributed by atoms with van der Waals surface area (Å²) >= 11 is 0. The van der Waals surface area contributed by atoms with Gasteiger partial charge in [-0.25, -0.2) is 0 Å². The van der Waals surface area contributed by atoms with Gasteiger partial charge in [0.05, 0.1) is 12.6 Å². The van der Waals surface area contributed by atoms with Gasteiger partial charge in [0.2, 0.25) is 5.91 Å². The highest BCUT2D eigenvalue weighted by Crippen LogP contribution is 2.26. The Morgan fingerprint density at radius 2 is 2.40 bits per heavy atom. The van der Waals surface area contributed by atoms with Crippen molar-refractivity contribution in [3.63, 3.8) is 0 Å². The molecule has 0 aromatic carbocycles. The average Bonchev–Trinajstić information content (AvgIpc) is 2.63. The summed E-state index contributed by atoms with van der Waals surface area (Å²) in [4.78, 5) is 25.1. The molecule has 2 aliphatic heterocycles. The lowest BCUT2D eigenvalue weighted by molar-refractivity contribution is -0.149. The molecule has 2 saturated heterocycles. The lowest BCUT2D eigenvalue weighted by Gasteiger charge is -2.32. The Labute approximate surface area is 88.8 Å². The van der Waals surface area contributed by atoms with E-state index in [0.29, 0.717) is 13.2 Å². The van der Waals surface area contributed by atoms with Gasteiger partial charge in [-0.05, 0) is 19.8 Å². The fourth-order valence-electron chi connectivity index (χ4n) is 2.38. The summed E-state index contributed by atoms with van der Waals surface area (Å²) in [5.74, 6) is -0.136. The van der Waals surface area contributed by atoms with Gasteiger partial charge >= 0.3 is 5.97 Å². The van der Waals surface area contributed by atoms with Crippen LogP contribution in [0.3, 0.4) is 0 Å². The van der Waals surface area contributed by atoms with Crippen LogP contribution < -0.4 is 5.32 Å². The van der Waals surface area contributed by atoms with Crippen molar-refractivity contribution in [2.24, 2.45) is 0 Å². The van der Waals surface area contributed by atoms with E-state index >= 15 is 0 Å². The van der Waals surface area contributed by atoms with Crippen molar-refractivity contribution in [3.05, 3.63) is 0 Å². The second kappa shape index (κ2) is 4.18. The van der Waals surface area contributed by atoms with Crippen molar-refractivity contribution in [1.82, 2.24) is 10.2 Å². The molecule has 84 valence electrons. The zero-order chi connectivity index (χ0) is 10.8. The van der Waals surface area contributed by atoms with E-state index in [0.717, 1.165) is 19.4 Å². The first kappa shape index (κ1) is 10.4. The quantitative estimate of drug-likeness (QED) is 0.628. The molecular weight excluding hydrogens is 196 g/mol. The van der Waals surface area contributed by atoms with Crippen molar-refractivity contribution >= 4 is 11.9 Å². The predicted molar refractivity (Wildman–Crippen MR) is 53.2 cm³/mol. The van der Waals surface area contributed by atoms with E-state index in [1.807, 2.05) is 4.90 Å². The minimum Gasteiger partial charge on any atom is -0.465 e. The fourth-order valence-corrected chi connectivity index (χ4v) is 2.38. The van der Waals surface area contributed by atoms with Gasteiger partial charge in [0, 0.05) is 13.1 Å². The highest BCUT2D eigenvalue weighted by Gasteiger charge is 2.43. The molecule has 0 spiro atoms. The number of ether oxygens (including phenoxy) is 1. The molecule has 0 aliphatic carbocycles. The maximum Gasteiger partial charge on any atom is 0.323 e. The normalized spacial score (nSPS) is 30.9. The third kappa shape index (κ3) is 1.84. The maximum absolute atomic E-state index is 11.6. The van der Waals surface area contributed by atoms with Gasteiger partial charge in [-0.3, -0.25) is 14.5 Å². The lowest BCUT2D eigenvalue weighted by atomic mass is 10.2.